The Morgan fingerprint density at radius 2 is 1.94 bits per heavy atom. The topological polar surface area (TPSA) is 98.4 Å². The number of nitrogen functional groups attached to an aromatic ring is 1. The molecule has 3 heterocycles. The molecule has 3 aromatic rings. The summed E-state index contributed by atoms with van der Waals surface area (Å²) >= 11 is 3.22. The van der Waals surface area contributed by atoms with Crippen LogP contribution in [0, 0.1) is 13.8 Å². The average molecular weight is 487 g/mol. The summed E-state index contributed by atoms with van der Waals surface area (Å²) in [6.45, 7) is 9.72. The van der Waals surface area contributed by atoms with Gasteiger partial charge in [-0.25, -0.2) is 15.0 Å². The minimum Gasteiger partial charge on any atom is -0.493 e. The first-order valence-electron chi connectivity index (χ1n) is 11.0. The molecule has 0 amide bonds. The van der Waals surface area contributed by atoms with E-state index in [2.05, 4.69) is 27.1 Å². The third kappa shape index (κ3) is 6.35. The number of nitrogens with two attached hydrogens (primary N) is 1. The van der Waals surface area contributed by atoms with E-state index in [0.29, 0.717) is 23.3 Å². The zero-order chi connectivity index (χ0) is 23.2. The summed E-state index contributed by atoms with van der Waals surface area (Å²) < 4.78 is 11.6. The first-order chi connectivity index (χ1) is 16.0. The maximum absolute atomic E-state index is 6.11. The standard InChI is InChI=1S/C23H30N6O2S2/c1-15-12-21(24)28-23(26-15)32-14-18-16(2)33-22(27-18)17-4-5-19(30-3)20(13-17)31-11-10-29-8-6-25-7-9-29/h4-5,12-13,25H,6-11,14H2,1-3H3,(H2,24,26,28). The number of aryl methyl sites for hydroxylation is 2. The lowest BCUT2D eigenvalue weighted by molar-refractivity contribution is 0.188. The molecule has 0 unspecified atom stereocenters. The normalized spacial score (nSPS) is 14.4. The molecule has 0 bridgehead atoms. The minimum absolute atomic E-state index is 0.489. The second-order valence-electron chi connectivity index (χ2n) is 7.83. The Morgan fingerprint density at radius 1 is 1.12 bits per heavy atom. The van der Waals surface area contributed by atoms with Crippen LogP contribution in [0.25, 0.3) is 10.6 Å². The third-order valence-electron chi connectivity index (χ3n) is 5.37. The van der Waals surface area contributed by atoms with Gasteiger partial charge in [0.25, 0.3) is 0 Å². The van der Waals surface area contributed by atoms with Gasteiger partial charge in [-0.2, -0.15) is 0 Å². The molecule has 0 saturated carbocycles. The summed E-state index contributed by atoms with van der Waals surface area (Å²) in [5.41, 5.74) is 8.76. The maximum atomic E-state index is 6.11. The predicted octanol–water partition coefficient (Wildman–Crippen LogP) is 3.38. The van der Waals surface area contributed by atoms with Gasteiger partial charge in [-0.3, -0.25) is 4.90 Å². The summed E-state index contributed by atoms with van der Waals surface area (Å²) in [7, 11) is 1.67. The first-order valence-corrected chi connectivity index (χ1v) is 12.8. The van der Waals surface area contributed by atoms with E-state index in [1.165, 1.54) is 4.88 Å². The van der Waals surface area contributed by atoms with E-state index in [0.717, 1.165) is 66.2 Å². The molecule has 10 heteroatoms. The second-order valence-corrected chi connectivity index (χ2v) is 9.98. The van der Waals surface area contributed by atoms with E-state index in [1.807, 2.05) is 25.1 Å². The molecule has 176 valence electrons. The van der Waals surface area contributed by atoms with Gasteiger partial charge in [-0.15, -0.1) is 11.3 Å². The molecule has 1 aliphatic rings. The van der Waals surface area contributed by atoms with E-state index in [-0.39, 0.29) is 0 Å². The lowest BCUT2D eigenvalue weighted by Crippen LogP contribution is -2.44. The number of benzene rings is 1. The lowest BCUT2D eigenvalue weighted by atomic mass is 10.2. The summed E-state index contributed by atoms with van der Waals surface area (Å²) in [5.74, 6) is 2.66. The molecule has 0 radical (unpaired) electrons. The number of hydrogen-bond acceptors (Lipinski definition) is 10. The van der Waals surface area contributed by atoms with Crippen molar-refractivity contribution in [3.05, 3.63) is 40.5 Å². The Labute approximate surface area is 202 Å². The Balaban J connectivity index is 1.44. The molecule has 3 N–H and O–H groups in total. The SMILES string of the molecule is COc1ccc(-c2nc(CSc3nc(C)cc(N)n3)c(C)s2)cc1OCCN1CCNCC1. The fourth-order valence-corrected chi connectivity index (χ4v) is 5.53. The van der Waals surface area contributed by atoms with Crippen molar-refractivity contribution in [2.75, 3.05) is 52.2 Å². The van der Waals surface area contributed by atoms with Crippen LogP contribution in [-0.2, 0) is 5.75 Å². The fourth-order valence-electron chi connectivity index (χ4n) is 3.59. The quantitative estimate of drug-likeness (QED) is 0.348. The molecular formula is C23H30N6O2S2. The Kier molecular flexibility index (Phi) is 8.02. The highest BCUT2D eigenvalue weighted by Crippen LogP contribution is 2.36. The second kappa shape index (κ2) is 11.1. The highest BCUT2D eigenvalue weighted by atomic mass is 32.2. The van der Waals surface area contributed by atoms with Crippen molar-refractivity contribution in [2.24, 2.45) is 0 Å². The molecule has 0 spiro atoms. The molecule has 1 aromatic carbocycles. The Bertz CT molecular complexity index is 1060. The minimum atomic E-state index is 0.489. The molecule has 1 aliphatic heterocycles. The maximum Gasteiger partial charge on any atom is 0.190 e. The molecule has 4 rings (SSSR count). The number of ether oxygens (including phenoxy) is 2. The zero-order valence-electron chi connectivity index (χ0n) is 19.3. The largest absolute Gasteiger partial charge is 0.493 e. The molecule has 2 aromatic heterocycles. The Morgan fingerprint density at radius 3 is 2.70 bits per heavy atom. The third-order valence-corrected chi connectivity index (χ3v) is 7.29. The van der Waals surface area contributed by atoms with Crippen molar-refractivity contribution < 1.29 is 9.47 Å². The number of thioether (sulfide) groups is 1. The highest BCUT2D eigenvalue weighted by Gasteiger charge is 2.15. The number of methoxy groups -OCH3 is 1. The van der Waals surface area contributed by atoms with Crippen molar-refractivity contribution in [2.45, 2.75) is 24.8 Å². The molecule has 0 aliphatic carbocycles. The summed E-state index contributed by atoms with van der Waals surface area (Å²) in [6.07, 6.45) is 0. The number of hydrogen-bond donors (Lipinski definition) is 2. The van der Waals surface area contributed by atoms with E-state index >= 15 is 0 Å². The van der Waals surface area contributed by atoms with Gasteiger partial charge in [0, 0.05) is 60.7 Å². The van der Waals surface area contributed by atoms with Gasteiger partial charge in [0.2, 0.25) is 0 Å². The monoisotopic (exact) mass is 486 g/mol. The summed E-state index contributed by atoms with van der Waals surface area (Å²) in [5, 5.41) is 5.01. The van der Waals surface area contributed by atoms with Crippen molar-refractivity contribution in [1.82, 2.24) is 25.2 Å². The van der Waals surface area contributed by atoms with Crippen LogP contribution < -0.4 is 20.5 Å². The fraction of sp³-hybridized carbons (Fsp3) is 0.435. The van der Waals surface area contributed by atoms with Crippen molar-refractivity contribution >= 4 is 28.9 Å². The van der Waals surface area contributed by atoms with Crippen LogP contribution in [0.1, 0.15) is 16.3 Å². The van der Waals surface area contributed by atoms with Gasteiger partial charge >= 0.3 is 0 Å². The number of nitrogens with zero attached hydrogens (tertiary/aromatic N) is 4. The number of thiazole rings is 1. The van der Waals surface area contributed by atoms with Gasteiger partial charge in [0.15, 0.2) is 16.7 Å². The van der Waals surface area contributed by atoms with Crippen LogP contribution in [0.5, 0.6) is 11.5 Å². The number of piperazine rings is 1. The van der Waals surface area contributed by atoms with E-state index in [9.17, 15) is 0 Å². The van der Waals surface area contributed by atoms with Crippen LogP contribution in [0.15, 0.2) is 29.4 Å². The first kappa shape index (κ1) is 23.7. The number of aromatic nitrogens is 3. The number of rotatable bonds is 9. The van der Waals surface area contributed by atoms with E-state index in [1.54, 1.807) is 36.3 Å². The highest BCUT2D eigenvalue weighted by molar-refractivity contribution is 7.98. The van der Waals surface area contributed by atoms with E-state index < -0.39 is 0 Å². The number of nitrogens with one attached hydrogen (secondary N) is 1. The van der Waals surface area contributed by atoms with Gasteiger partial charge in [0.05, 0.1) is 12.8 Å². The van der Waals surface area contributed by atoms with Crippen LogP contribution in [0.3, 0.4) is 0 Å². The molecule has 33 heavy (non-hydrogen) atoms. The van der Waals surface area contributed by atoms with Crippen LogP contribution in [0.4, 0.5) is 5.82 Å². The molecular weight excluding hydrogens is 456 g/mol. The lowest BCUT2D eigenvalue weighted by Gasteiger charge is -2.27. The van der Waals surface area contributed by atoms with Crippen molar-refractivity contribution in [1.29, 1.82) is 0 Å². The molecule has 1 fully saturated rings. The van der Waals surface area contributed by atoms with Crippen LogP contribution in [0.2, 0.25) is 0 Å². The van der Waals surface area contributed by atoms with Gasteiger partial charge in [-0.05, 0) is 32.0 Å². The van der Waals surface area contributed by atoms with Crippen LogP contribution >= 0.6 is 23.1 Å². The van der Waals surface area contributed by atoms with Gasteiger partial charge in [0.1, 0.15) is 17.4 Å². The number of anilines is 1. The van der Waals surface area contributed by atoms with Crippen molar-refractivity contribution in [3.8, 4) is 22.1 Å². The molecule has 8 nitrogen and oxygen atoms in total. The molecule has 1 saturated heterocycles. The Hall–Kier alpha value is -2.40. The summed E-state index contributed by atoms with van der Waals surface area (Å²) in [6, 6.07) is 7.77. The molecule has 0 atom stereocenters. The van der Waals surface area contributed by atoms with Crippen LogP contribution in [-0.4, -0.2) is 66.3 Å². The predicted molar refractivity (Wildman–Crippen MR) is 134 cm³/mol. The van der Waals surface area contributed by atoms with Crippen molar-refractivity contribution in [3.63, 3.8) is 0 Å². The van der Waals surface area contributed by atoms with Gasteiger partial charge in [-0.1, -0.05) is 11.8 Å². The van der Waals surface area contributed by atoms with Gasteiger partial charge < -0.3 is 20.5 Å². The average Bonchev–Trinajstić information content (AvgIpc) is 3.18. The zero-order valence-corrected chi connectivity index (χ0v) is 20.9. The smallest absolute Gasteiger partial charge is 0.190 e. The summed E-state index contributed by atoms with van der Waals surface area (Å²) in [4.78, 5) is 17.2. The van der Waals surface area contributed by atoms with E-state index in [4.69, 9.17) is 20.2 Å².